The van der Waals surface area contributed by atoms with Crippen molar-refractivity contribution in [3.8, 4) is 0 Å². The van der Waals surface area contributed by atoms with Crippen molar-refractivity contribution in [2.45, 2.75) is 30.0 Å². The number of pyridine rings is 1. The Labute approximate surface area is 178 Å². The fraction of sp³-hybridized carbons (Fsp3) is 0.400. The highest BCUT2D eigenvalue weighted by Gasteiger charge is 2.31. The van der Waals surface area contributed by atoms with Gasteiger partial charge in [0, 0.05) is 45.0 Å². The minimum absolute atomic E-state index is 0.0355. The zero-order chi connectivity index (χ0) is 22.8. The molecule has 1 amide bonds. The van der Waals surface area contributed by atoms with Gasteiger partial charge in [0.15, 0.2) is 0 Å². The van der Waals surface area contributed by atoms with Gasteiger partial charge in [-0.3, -0.25) is 4.79 Å². The number of anilines is 1. The Morgan fingerprint density at radius 2 is 1.84 bits per heavy atom. The summed E-state index contributed by atoms with van der Waals surface area (Å²) in [6, 6.07) is 8.05. The molecule has 1 aromatic carbocycles. The molecule has 0 saturated carbocycles. The van der Waals surface area contributed by atoms with Gasteiger partial charge in [0.25, 0.3) is 5.91 Å². The number of carbonyl (C=O) groups is 1. The first-order valence-corrected chi connectivity index (χ1v) is 11.0. The van der Waals surface area contributed by atoms with Crippen LogP contribution in [-0.4, -0.2) is 56.8 Å². The Morgan fingerprint density at radius 1 is 1.16 bits per heavy atom. The van der Waals surface area contributed by atoms with Crippen LogP contribution in [0.3, 0.4) is 0 Å². The van der Waals surface area contributed by atoms with Gasteiger partial charge in [0.2, 0.25) is 10.0 Å². The molecule has 1 aliphatic rings. The molecular weight excluding hydrogens is 433 g/mol. The number of nitrogens with one attached hydrogen (secondary N) is 1. The predicted octanol–water partition coefficient (Wildman–Crippen LogP) is 2.75. The van der Waals surface area contributed by atoms with Gasteiger partial charge in [-0.25, -0.2) is 17.7 Å². The van der Waals surface area contributed by atoms with Gasteiger partial charge in [0.1, 0.15) is 5.82 Å². The Kier molecular flexibility index (Phi) is 6.56. The van der Waals surface area contributed by atoms with Crippen molar-refractivity contribution in [3.05, 3.63) is 53.7 Å². The van der Waals surface area contributed by atoms with Gasteiger partial charge in [-0.15, -0.1) is 0 Å². The molecule has 0 bridgehead atoms. The standard InChI is InChI=1S/C20H23F3N4O3S/c1-26(2)31(29,30)17-5-3-4-14(12-17)19(28)25-16-8-10-27(11-9-16)18-7-6-15(13-24-18)20(21,22)23/h3-7,12-13,16H,8-11H2,1-2H3,(H,25,28). The lowest BCUT2D eigenvalue weighted by atomic mass is 10.0. The van der Waals surface area contributed by atoms with Crippen LogP contribution in [0.25, 0.3) is 0 Å². The molecule has 0 spiro atoms. The molecule has 1 aromatic heterocycles. The van der Waals surface area contributed by atoms with E-state index < -0.39 is 21.8 Å². The molecule has 3 rings (SSSR count). The van der Waals surface area contributed by atoms with Gasteiger partial charge >= 0.3 is 6.18 Å². The van der Waals surface area contributed by atoms with Gasteiger partial charge in [0.05, 0.1) is 10.5 Å². The highest BCUT2D eigenvalue weighted by Crippen LogP contribution is 2.29. The Morgan fingerprint density at radius 3 is 2.39 bits per heavy atom. The van der Waals surface area contributed by atoms with Crippen LogP contribution in [0.2, 0.25) is 0 Å². The van der Waals surface area contributed by atoms with Crippen molar-refractivity contribution in [1.29, 1.82) is 0 Å². The third kappa shape index (κ3) is 5.34. The number of carbonyl (C=O) groups excluding carboxylic acids is 1. The van der Waals surface area contributed by atoms with Crippen LogP contribution in [0.15, 0.2) is 47.5 Å². The first-order valence-electron chi connectivity index (χ1n) is 9.60. The maximum Gasteiger partial charge on any atom is 0.417 e. The smallest absolute Gasteiger partial charge is 0.356 e. The monoisotopic (exact) mass is 456 g/mol. The molecule has 168 valence electrons. The van der Waals surface area contributed by atoms with E-state index in [2.05, 4.69) is 10.3 Å². The minimum Gasteiger partial charge on any atom is -0.356 e. The summed E-state index contributed by atoms with van der Waals surface area (Å²) < 4.78 is 63.6. The lowest BCUT2D eigenvalue weighted by molar-refractivity contribution is -0.137. The first kappa shape index (κ1) is 23.0. The van der Waals surface area contributed by atoms with E-state index >= 15 is 0 Å². The highest BCUT2D eigenvalue weighted by molar-refractivity contribution is 7.89. The molecule has 7 nitrogen and oxygen atoms in total. The minimum atomic E-state index is -4.42. The summed E-state index contributed by atoms with van der Waals surface area (Å²) in [7, 11) is -0.811. The Balaban J connectivity index is 1.59. The molecule has 2 aromatic rings. The number of hydrogen-bond donors (Lipinski definition) is 1. The van der Waals surface area contributed by atoms with E-state index in [1.165, 1.54) is 38.4 Å². The quantitative estimate of drug-likeness (QED) is 0.748. The largest absolute Gasteiger partial charge is 0.417 e. The number of piperidine rings is 1. The maximum absolute atomic E-state index is 12.7. The number of alkyl halides is 3. The lowest BCUT2D eigenvalue weighted by Crippen LogP contribution is -2.45. The first-order chi connectivity index (χ1) is 14.5. The molecule has 0 unspecified atom stereocenters. The summed E-state index contributed by atoms with van der Waals surface area (Å²) in [5, 5.41) is 2.90. The van der Waals surface area contributed by atoms with E-state index in [0.29, 0.717) is 31.7 Å². The third-order valence-corrected chi connectivity index (χ3v) is 6.92. The molecule has 1 fully saturated rings. The fourth-order valence-electron chi connectivity index (χ4n) is 3.27. The molecule has 1 saturated heterocycles. The third-order valence-electron chi connectivity index (χ3n) is 5.10. The van der Waals surface area contributed by atoms with Crippen molar-refractivity contribution in [3.63, 3.8) is 0 Å². The second-order valence-electron chi connectivity index (χ2n) is 7.45. The number of amides is 1. The van der Waals surface area contributed by atoms with Gasteiger partial charge in [-0.1, -0.05) is 6.07 Å². The summed E-state index contributed by atoms with van der Waals surface area (Å²) in [5.74, 6) is 0.0845. The van der Waals surface area contributed by atoms with Crippen molar-refractivity contribution >= 4 is 21.7 Å². The second kappa shape index (κ2) is 8.83. The number of aromatic nitrogens is 1. The van der Waals surface area contributed by atoms with Crippen LogP contribution < -0.4 is 10.2 Å². The molecule has 1 N–H and O–H groups in total. The van der Waals surface area contributed by atoms with Crippen LogP contribution in [0.5, 0.6) is 0 Å². The van der Waals surface area contributed by atoms with E-state index in [1.54, 1.807) is 6.07 Å². The zero-order valence-corrected chi connectivity index (χ0v) is 17.9. The van der Waals surface area contributed by atoms with Crippen LogP contribution in [0, 0.1) is 0 Å². The number of halogens is 3. The molecule has 1 aliphatic heterocycles. The number of nitrogens with zero attached hydrogens (tertiary/aromatic N) is 3. The molecule has 0 radical (unpaired) electrons. The predicted molar refractivity (Wildman–Crippen MR) is 109 cm³/mol. The molecular formula is C20H23F3N4O3S. The van der Waals surface area contributed by atoms with Crippen LogP contribution in [0.1, 0.15) is 28.8 Å². The van der Waals surface area contributed by atoms with E-state index in [1.807, 2.05) is 4.90 Å². The Hall–Kier alpha value is -2.66. The number of benzene rings is 1. The van der Waals surface area contributed by atoms with Gasteiger partial charge in [-0.05, 0) is 43.2 Å². The normalized spacial score (nSPS) is 15.9. The summed E-state index contributed by atoms with van der Waals surface area (Å²) in [6.45, 7) is 1.05. The average molecular weight is 456 g/mol. The fourth-order valence-corrected chi connectivity index (χ4v) is 4.22. The van der Waals surface area contributed by atoms with E-state index in [0.717, 1.165) is 16.6 Å². The van der Waals surface area contributed by atoms with Crippen molar-refractivity contribution in [2.24, 2.45) is 0 Å². The summed E-state index contributed by atoms with van der Waals surface area (Å²) >= 11 is 0. The summed E-state index contributed by atoms with van der Waals surface area (Å²) in [6.07, 6.45) is -2.43. The maximum atomic E-state index is 12.7. The average Bonchev–Trinajstić information content (AvgIpc) is 2.73. The highest BCUT2D eigenvalue weighted by atomic mass is 32.2. The summed E-state index contributed by atoms with van der Waals surface area (Å²) in [5.41, 5.74) is -0.549. The van der Waals surface area contributed by atoms with Gasteiger partial charge in [-0.2, -0.15) is 13.2 Å². The van der Waals surface area contributed by atoms with Crippen LogP contribution in [0.4, 0.5) is 19.0 Å². The van der Waals surface area contributed by atoms with Crippen molar-refractivity contribution < 1.29 is 26.4 Å². The van der Waals surface area contributed by atoms with E-state index in [-0.39, 0.29) is 22.4 Å². The molecule has 0 atom stereocenters. The second-order valence-corrected chi connectivity index (χ2v) is 9.60. The molecule has 2 heterocycles. The zero-order valence-electron chi connectivity index (χ0n) is 17.1. The van der Waals surface area contributed by atoms with Crippen LogP contribution >= 0.6 is 0 Å². The SMILES string of the molecule is CN(C)S(=O)(=O)c1cccc(C(=O)NC2CCN(c3ccc(C(F)(F)F)cn3)CC2)c1. The summed E-state index contributed by atoms with van der Waals surface area (Å²) in [4.78, 5) is 18.4. The van der Waals surface area contributed by atoms with Gasteiger partial charge < -0.3 is 10.2 Å². The number of hydrogen-bond acceptors (Lipinski definition) is 5. The van der Waals surface area contributed by atoms with Crippen LogP contribution in [-0.2, 0) is 16.2 Å². The molecule has 11 heteroatoms. The topological polar surface area (TPSA) is 82.6 Å². The lowest BCUT2D eigenvalue weighted by Gasteiger charge is -2.33. The van der Waals surface area contributed by atoms with Crippen molar-refractivity contribution in [1.82, 2.24) is 14.6 Å². The van der Waals surface area contributed by atoms with Crippen molar-refractivity contribution in [2.75, 3.05) is 32.1 Å². The Bertz CT molecular complexity index is 1030. The van der Waals surface area contributed by atoms with E-state index in [4.69, 9.17) is 0 Å². The molecule has 31 heavy (non-hydrogen) atoms. The number of sulfonamides is 1. The number of rotatable bonds is 5. The van der Waals surface area contributed by atoms with E-state index in [9.17, 15) is 26.4 Å². The molecule has 0 aliphatic carbocycles.